The van der Waals surface area contributed by atoms with Crippen LogP contribution in [0.25, 0.3) is 0 Å². The first-order chi connectivity index (χ1) is 9.11. The highest BCUT2D eigenvalue weighted by molar-refractivity contribution is 5.92. The number of hydrogen-bond acceptors (Lipinski definition) is 3. The first-order valence-corrected chi connectivity index (χ1v) is 5.89. The van der Waals surface area contributed by atoms with Gasteiger partial charge in [0.1, 0.15) is 11.9 Å². The zero-order chi connectivity index (χ0) is 13.8. The van der Waals surface area contributed by atoms with Crippen molar-refractivity contribution in [3.05, 3.63) is 47.4 Å². The second kappa shape index (κ2) is 5.36. The second-order valence-corrected chi connectivity index (χ2v) is 4.24. The van der Waals surface area contributed by atoms with Crippen LogP contribution in [0.2, 0.25) is 0 Å². The Morgan fingerprint density at radius 3 is 2.74 bits per heavy atom. The van der Waals surface area contributed by atoms with Gasteiger partial charge in [-0.05, 0) is 12.5 Å². The van der Waals surface area contributed by atoms with Crippen LogP contribution in [0.3, 0.4) is 0 Å². The summed E-state index contributed by atoms with van der Waals surface area (Å²) in [4.78, 5) is 16.1. The molecule has 0 aliphatic carbocycles. The molecule has 96 valence electrons. The zero-order valence-corrected chi connectivity index (χ0v) is 10.8. The summed E-state index contributed by atoms with van der Waals surface area (Å²) in [5.41, 5.74) is 1.28. The molecule has 0 atom stereocenters. The number of benzene rings is 1. The molecule has 1 aromatic heterocycles. The van der Waals surface area contributed by atoms with Crippen molar-refractivity contribution >= 4 is 11.7 Å². The first kappa shape index (κ1) is 12.8. The maximum Gasteiger partial charge on any atom is 0.230 e. The number of imidazole rings is 1. The van der Waals surface area contributed by atoms with E-state index in [4.69, 9.17) is 5.26 Å². The minimum absolute atomic E-state index is 0.180. The van der Waals surface area contributed by atoms with Crippen molar-refractivity contribution in [2.24, 2.45) is 7.05 Å². The number of nitriles is 1. The monoisotopic (exact) mass is 254 g/mol. The van der Waals surface area contributed by atoms with Crippen LogP contribution in [0.4, 0.5) is 5.82 Å². The van der Waals surface area contributed by atoms with Gasteiger partial charge in [-0.25, -0.2) is 4.98 Å². The molecule has 0 bridgehead atoms. The molecule has 1 aromatic carbocycles. The topological polar surface area (TPSA) is 70.7 Å². The van der Waals surface area contributed by atoms with E-state index < -0.39 is 0 Å². The molecule has 2 rings (SSSR count). The van der Waals surface area contributed by atoms with E-state index in [-0.39, 0.29) is 12.3 Å². The van der Waals surface area contributed by atoms with Crippen LogP contribution in [0.1, 0.15) is 17.1 Å². The van der Waals surface area contributed by atoms with Gasteiger partial charge >= 0.3 is 0 Å². The molecule has 5 heteroatoms. The summed E-state index contributed by atoms with van der Waals surface area (Å²) < 4.78 is 1.65. The SMILES string of the molecule is Cc1nc(NC(=O)Cc2ccccc2)c(C#N)n1C. The van der Waals surface area contributed by atoms with E-state index in [2.05, 4.69) is 10.3 Å². The van der Waals surface area contributed by atoms with Gasteiger partial charge in [-0.1, -0.05) is 30.3 Å². The van der Waals surface area contributed by atoms with Gasteiger partial charge in [0.25, 0.3) is 0 Å². The van der Waals surface area contributed by atoms with Crippen molar-refractivity contribution in [3.8, 4) is 6.07 Å². The van der Waals surface area contributed by atoms with Gasteiger partial charge in [-0.15, -0.1) is 0 Å². The van der Waals surface area contributed by atoms with E-state index in [1.54, 1.807) is 18.5 Å². The van der Waals surface area contributed by atoms with Gasteiger partial charge in [0.15, 0.2) is 11.5 Å². The fourth-order valence-corrected chi connectivity index (χ4v) is 1.78. The van der Waals surface area contributed by atoms with Crippen LogP contribution in [0.5, 0.6) is 0 Å². The number of carbonyl (C=O) groups is 1. The largest absolute Gasteiger partial charge is 0.321 e. The highest BCUT2D eigenvalue weighted by Crippen LogP contribution is 2.14. The predicted octanol–water partition coefficient (Wildman–Crippen LogP) is 1.78. The molecular weight excluding hydrogens is 240 g/mol. The summed E-state index contributed by atoms with van der Waals surface area (Å²) in [7, 11) is 1.74. The number of nitrogens with one attached hydrogen (secondary N) is 1. The maximum atomic E-state index is 11.9. The number of nitrogens with zero attached hydrogens (tertiary/aromatic N) is 3. The van der Waals surface area contributed by atoms with Gasteiger partial charge in [0, 0.05) is 7.05 Å². The standard InChI is InChI=1S/C14H14N4O/c1-10-16-14(12(9-15)18(10)2)17-13(19)8-11-6-4-3-5-7-11/h3-7H,8H2,1-2H3,(H,17,19). The van der Waals surface area contributed by atoms with Gasteiger partial charge in [-0.2, -0.15) is 5.26 Å². The minimum Gasteiger partial charge on any atom is -0.321 e. The summed E-state index contributed by atoms with van der Waals surface area (Å²) >= 11 is 0. The van der Waals surface area contributed by atoms with Gasteiger partial charge in [0.2, 0.25) is 5.91 Å². The third-order valence-electron chi connectivity index (χ3n) is 2.89. The van der Waals surface area contributed by atoms with Gasteiger partial charge < -0.3 is 9.88 Å². The number of hydrogen-bond donors (Lipinski definition) is 1. The Kier molecular flexibility index (Phi) is 3.62. The second-order valence-electron chi connectivity index (χ2n) is 4.24. The van der Waals surface area contributed by atoms with E-state index in [0.717, 1.165) is 5.56 Å². The minimum atomic E-state index is -0.180. The lowest BCUT2D eigenvalue weighted by atomic mass is 10.1. The lowest BCUT2D eigenvalue weighted by Crippen LogP contribution is -2.15. The van der Waals surface area contributed by atoms with Crippen LogP contribution in [0.15, 0.2) is 30.3 Å². The van der Waals surface area contributed by atoms with E-state index >= 15 is 0 Å². The molecule has 0 unspecified atom stereocenters. The number of amides is 1. The molecule has 1 amide bonds. The zero-order valence-electron chi connectivity index (χ0n) is 10.8. The number of anilines is 1. The van der Waals surface area contributed by atoms with Crippen molar-refractivity contribution in [2.45, 2.75) is 13.3 Å². The van der Waals surface area contributed by atoms with E-state index in [9.17, 15) is 4.79 Å². The molecule has 0 radical (unpaired) electrons. The summed E-state index contributed by atoms with van der Waals surface area (Å²) in [6, 6.07) is 11.5. The van der Waals surface area contributed by atoms with Crippen molar-refractivity contribution in [3.63, 3.8) is 0 Å². The lowest BCUT2D eigenvalue weighted by molar-refractivity contribution is -0.115. The molecular formula is C14H14N4O. The van der Waals surface area contributed by atoms with Gasteiger partial charge in [0.05, 0.1) is 6.42 Å². The predicted molar refractivity (Wildman–Crippen MR) is 71.4 cm³/mol. The molecule has 1 heterocycles. The highest BCUT2D eigenvalue weighted by Gasteiger charge is 2.14. The number of carbonyl (C=O) groups excluding carboxylic acids is 1. The Labute approximate surface area is 111 Å². The molecule has 0 aliphatic heterocycles. The normalized spacial score (nSPS) is 9.95. The smallest absolute Gasteiger partial charge is 0.230 e. The highest BCUT2D eigenvalue weighted by atomic mass is 16.1. The maximum absolute atomic E-state index is 11.9. The Morgan fingerprint density at radius 2 is 2.11 bits per heavy atom. The lowest BCUT2D eigenvalue weighted by Gasteiger charge is -2.03. The van der Waals surface area contributed by atoms with Crippen LogP contribution in [-0.4, -0.2) is 15.5 Å². The third kappa shape index (κ3) is 2.80. The quantitative estimate of drug-likeness (QED) is 0.907. The summed E-state index contributed by atoms with van der Waals surface area (Å²) in [6.45, 7) is 1.79. The summed E-state index contributed by atoms with van der Waals surface area (Å²) in [5.74, 6) is 0.829. The molecule has 0 spiro atoms. The Hall–Kier alpha value is -2.61. The summed E-state index contributed by atoms with van der Waals surface area (Å²) in [6.07, 6.45) is 0.265. The number of rotatable bonds is 3. The molecule has 0 fully saturated rings. The van der Waals surface area contributed by atoms with Crippen LogP contribution in [0, 0.1) is 18.3 Å². The average molecular weight is 254 g/mol. The molecule has 5 nitrogen and oxygen atoms in total. The van der Waals surface area contributed by atoms with Crippen LogP contribution < -0.4 is 5.32 Å². The van der Waals surface area contributed by atoms with Crippen LogP contribution in [-0.2, 0) is 18.3 Å². The van der Waals surface area contributed by atoms with Crippen molar-refractivity contribution in [1.82, 2.24) is 9.55 Å². The van der Waals surface area contributed by atoms with E-state index in [1.165, 1.54) is 0 Å². The fourth-order valence-electron chi connectivity index (χ4n) is 1.78. The van der Waals surface area contributed by atoms with Crippen molar-refractivity contribution in [2.75, 3.05) is 5.32 Å². The Bertz CT molecular complexity index is 637. The molecule has 19 heavy (non-hydrogen) atoms. The van der Waals surface area contributed by atoms with E-state index in [0.29, 0.717) is 17.3 Å². The Balaban J connectivity index is 2.12. The fraction of sp³-hybridized carbons (Fsp3) is 0.214. The Morgan fingerprint density at radius 1 is 1.42 bits per heavy atom. The third-order valence-corrected chi connectivity index (χ3v) is 2.89. The van der Waals surface area contributed by atoms with Gasteiger partial charge in [-0.3, -0.25) is 4.79 Å². The molecule has 1 N–H and O–H groups in total. The molecule has 0 saturated carbocycles. The molecule has 2 aromatic rings. The van der Waals surface area contributed by atoms with Crippen molar-refractivity contribution < 1.29 is 4.79 Å². The van der Waals surface area contributed by atoms with Crippen LogP contribution >= 0.6 is 0 Å². The number of aryl methyl sites for hydroxylation is 1. The molecule has 0 aliphatic rings. The summed E-state index contributed by atoms with van der Waals surface area (Å²) in [5, 5.41) is 11.7. The first-order valence-electron chi connectivity index (χ1n) is 5.89. The molecule has 0 saturated heterocycles. The number of aromatic nitrogens is 2. The van der Waals surface area contributed by atoms with E-state index in [1.807, 2.05) is 36.4 Å². The average Bonchev–Trinajstić information content (AvgIpc) is 2.65. The van der Waals surface area contributed by atoms with Crippen molar-refractivity contribution in [1.29, 1.82) is 5.26 Å².